The predicted molar refractivity (Wildman–Crippen MR) is 87.5 cm³/mol. The number of hydrogen-bond acceptors (Lipinski definition) is 2. The first-order chi connectivity index (χ1) is 9.97. The van der Waals surface area contributed by atoms with Gasteiger partial charge in [-0.05, 0) is 62.9 Å². The van der Waals surface area contributed by atoms with E-state index in [1.54, 1.807) is 0 Å². The second kappa shape index (κ2) is 5.27. The number of nitrogens with zero attached hydrogens (tertiary/aromatic N) is 1. The van der Waals surface area contributed by atoms with E-state index in [4.69, 9.17) is 0 Å². The molecule has 1 N–H and O–H groups in total. The van der Waals surface area contributed by atoms with Crippen LogP contribution in [0.4, 0.5) is 0 Å². The van der Waals surface area contributed by atoms with E-state index < -0.39 is 0 Å². The molecule has 1 fully saturated rings. The SMILES string of the molecule is Cc1ccc([C@@H]2C[C@H](c3ccncc3)C(C)(C)N2)c(C)c1. The lowest BCUT2D eigenvalue weighted by Crippen LogP contribution is -2.37. The third-order valence-corrected chi connectivity index (χ3v) is 4.80. The van der Waals surface area contributed by atoms with Crippen LogP contribution in [0.2, 0.25) is 0 Å². The van der Waals surface area contributed by atoms with Crippen LogP contribution < -0.4 is 5.32 Å². The molecule has 2 heterocycles. The van der Waals surface area contributed by atoms with Crippen molar-refractivity contribution >= 4 is 0 Å². The van der Waals surface area contributed by atoms with Crippen molar-refractivity contribution in [3.8, 4) is 0 Å². The minimum Gasteiger partial charge on any atom is -0.304 e. The van der Waals surface area contributed by atoms with Gasteiger partial charge in [0.1, 0.15) is 0 Å². The molecule has 0 radical (unpaired) electrons. The number of aryl methyl sites for hydroxylation is 2. The summed E-state index contributed by atoms with van der Waals surface area (Å²) in [5.74, 6) is 0.520. The zero-order valence-electron chi connectivity index (χ0n) is 13.4. The fraction of sp³-hybridized carbons (Fsp3) is 0.421. The fourth-order valence-electron chi connectivity index (χ4n) is 3.71. The van der Waals surface area contributed by atoms with Gasteiger partial charge in [-0.2, -0.15) is 0 Å². The van der Waals surface area contributed by atoms with E-state index >= 15 is 0 Å². The van der Waals surface area contributed by atoms with Gasteiger partial charge < -0.3 is 5.32 Å². The summed E-state index contributed by atoms with van der Waals surface area (Å²) in [6.07, 6.45) is 4.94. The van der Waals surface area contributed by atoms with Gasteiger partial charge in [-0.3, -0.25) is 4.98 Å². The molecule has 0 spiro atoms. The van der Waals surface area contributed by atoms with E-state index in [1.165, 1.54) is 22.3 Å². The van der Waals surface area contributed by atoms with Crippen molar-refractivity contribution in [1.82, 2.24) is 10.3 Å². The van der Waals surface area contributed by atoms with Crippen LogP contribution in [-0.4, -0.2) is 10.5 Å². The molecule has 1 aliphatic rings. The number of rotatable bonds is 2. The second-order valence-corrected chi connectivity index (χ2v) is 6.85. The molecule has 1 aromatic carbocycles. The summed E-state index contributed by atoms with van der Waals surface area (Å²) in [5.41, 5.74) is 5.64. The van der Waals surface area contributed by atoms with Crippen molar-refractivity contribution in [2.45, 2.75) is 51.6 Å². The third-order valence-electron chi connectivity index (χ3n) is 4.80. The summed E-state index contributed by atoms with van der Waals surface area (Å²) in [6, 6.07) is 11.5. The number of aromatic nitrogens is 1. The minimum absolute atomic E-state index is 0.101. The van der Waals surface area contributed by atoms with Crippen LogP contribution >= 0.6 is 0 Å². The molecule has 2 nitrogen and oxygen atoms in total. The quantitative estimate of drug-likeness (QED) is 0.887. The Hall–Kier alpha value is -1.67. The summed E-state index contributed by atoms with van der Waals surface area (Å²) in [6.45, 7) is 8.99. The Labute approximate surface area is 127 Å². The molecule has 2 heteroatoms. The van der Waals surface area contributed by atoms with E-state index in [2.05, 4.69) is 68.3 Å². The van der Waals surface area contributed by atoms with Crippen molar-refractivity contribution in [3.63, 3.8) is 0 Å². The Balaban J connectivity index is 1.91. The monoisotopic (exact) mass is 280 g/mol. The van der Waals surface area contributed by atoms with E-state index in [-0.39, 0.29) is 5.54 Å². The molecule has 1 aliphatic heterocycles. The average Bonchev–Trinajstić information content (AvgIpc) is 2.75. The van der Waals surface area contributed by atoms with Gasteiger partial charge in [-0.25, -0.2) is 0 Å². The number of pyridine rings is 1. The first kappa shape index (κ1) is 14.3. The Bertz CT molecular complexity index is 631. The lowest BCUT2D eigenvalue weighted by molar-refractivity contribution is 0.397. The Morgan fingerprint density at radius 3 is 2.48 bits per heavy atom. The zero-order chi connectivity index (χ0) is 15.0. The van der Waals surface area contributed by atoms with Gasteiger partial charge in [0.05, 0.1) is 0 Å². The molecule has 1 saturated heterocycles. The highest BCUT2D eigenvalue weighted by molar-refractivity contribution is 5.36. The van der Waals surface area contributed by atoms with Gasteiger partial charge in [-0.1, -0.05) is 23.8 Å². The first-order valence-electron chi connectivity index (χ1n) is 7.72. The third kappa shape index (κ3) is 2.73. The summed E-state index contributed by atoms with van der Waals surface area (Å²) < 4.78 is 0. The maximum absolute atomic E-state index is 4.15. The zero-order valence-corrected chi connectivity index (χ0v) is 13.4. The molecule has 0 bridgehead atoms. The largest absolute Gasteiger partial charge is 0.304 e. The van der Waals surface area contributed by atoms with Crippen molar-refractivity contribution in [2.75, 3.05) is 0 Å². The lowest BCUT2D eigenvalue weighted by atomic mass is 9.82. The molecule has 0 amide bonds. The van der Waals surface area contributed by atoms with Crippen molar-refractivity contribution in [2.24, 2.45) is 0 Å². The van der Waals surface area contributed by atoms with Crippen LogP contribution in [0.15, 0.2) is 42.7 Å². The highest BCUT2D eigenvalue weighted by Crippen LogP contribution is 2.44. The standard InChI is InChI=1S/C19H24N2/c1-13-5-6-16(14(2)11-13)18-12-17(19(3,4)21-18)15-7-9-20-10-8-15/h5-11,17-18,21H,12H2,1-4H3/t17-,18+/m1/s1. The molecular formula is C19H24N2. The Morgan fingerprint density at radius 2 is 1.81 bits per heavy atom. The normalized spacial score (nSPS) is 24.2. The molecule has 2 aromatic rings. The topological polar surface area (TPSA) is 24.9 Å². The number of hydrogen-bond donors (Lipinski definition) is 1. The molecule has 0 aliphatic carbocycles. The van der Waals surface area contributed by atoms with Crippen LogP contribution in [0.3, 0.4) is 0 Å². The highest BCUT2D eigenvalue weighted by Gasteiger charge is 2.41. The van der Waals surface area contributed by atoms with Gasteiger partial charge in [0.2, 0.25) is 0 Å². The molecule has 3 rings (SSSR count). The maximum Gasteiger partial charge on any atom is 0.0334 e. The van der Waals surface area contributed by atoms with Crippen molar-refractivity contribution in [1.29, 1.82) is 0 Å². The van der Waals surface area contributed by atoms with Crippen molar-refractivity contribution in [3.05, 3.63) is 65.0 Å². The maximum atomic E-state index is 4.15. The van der Waals surface area contributed by atoms with Crippen LogP contribution in [-0.2, 0) is 0 Å². The molecule has 110 valence electrons. The van der Waals surface area contributed by atoms with Crippen LogP contribution in [0.5, 0.6) is 0 Å². The van der Waals surface area contributed by atoms with Gasteiger partial charge in [0.15, 0.2) is 0 Å². The highest BCUT2D eigenvalue weighted by atomic mass is 15.0. The van der Waals surface area contributed by atoms with E-state index in [0.29, 0.717) is 12.0 Å². The number of benzene rings is 1. The Kier molecular flexibility index (Phi) is 3.58. The number of nitrogens with one attached hydrogen (secondary N) is 1. The summed E-state index contributed by atoms with van der Waals surface area (Å²) in [4.78, 5) is 4.15. The van der Waals surface area contributed by atoms with Crippen molar-refractivity contribution < 1.29 is 0 Å². The average molecular weight is 280 g/mol. The van der Waals surface area contributed by atoms with Gasteiger partial charge in [-0.15, -0.1) is 0 Å². The van der Waals surface area contributed by atoms with Crippen LogP contribution in [0.25, 0.3) is 0 Å². The van der Waals surface area contributed by atoms with E-state index in [0.717, 1.165) is 6.42 Å². The second-order valence-electron chi connectivity index (χ2n) is 6.85. The molecular weight excluding hydrogens is 256 g/mol. The lowest BCUT2D eigenvalue weighted by Gasteiger charge is -2.27. The summed E-state index contributed by atoms with van der Waals surface area (Å²) in [7, 11) is 0. The molecule has 2 atom stereocenters. The summed E-state index contributed by atoms with van der Waals surface area (Å²) in [5, 5.41) is 3.83. The minimum atomic E-state index is 0.101. The first-order valence-corrected chi connectivity index (χ1v) is 7.72. The molecule has 0 saturated carbocycles. The van der Waals surface area contributed by atoms with Gasteiger partial charge in [0, 0.05) is 29.9 Å². The van der Waals surface area contributed by atoms with Crippen LogP contribution in [0.1, 0.15) is 54.5 Å². The molecule has 0 unspecified atom stereocenters. The van der Waals surface area contributed by atoms with Gasteiger partial charge >= 0.3 is 0 Å². The van der Waals surface area contributed by atoms with Gasteiger partial charge in [0.25, 0.3) is 0 Å². The smallest absolute Gasteiger partial charge is 0.0334 e. The molecule has 1 aromatic heterocycles. The van der Waals surface area contributed by atoms with E-state index in [1.807, 2.05) is 12.4 Å². The summed E-state index contributed by atoms with van der Waals surface area (Å²) >= 11 is 0. The predicted octanol–water partition coefficient (Wildman–Crippen LogP) is 4.30. The fourth-order valence-corrected chi connectivity index (χ4v) is 3.71. The Morgan fingerprint density at radius 1 is 1.10 bits per heavy atom. The molecule has 21 heavy (non-hydrogen) atoms. The van der Waals surface area contributed by atoms with E-state index in [9.17, 15) is 0 Å². The van der Waals surface area contributed by atoms with Crippen LogP contribution in [0, 0.1) is 13.8 Å².